The zero-order chi connectivity index (χ0) is 11.1. The van der Waals surface area contributed by atoms with E-state index in [2.05, 4.69) is 13.8 Å². The van der Waals surface area contributed by atoms with E-state index in [1.165, 1.54) is 38.5 Å². The highest BCUT2D eigenvalue weighted by Crippen LogP contribution is 2.37. The van der Waals surface area contributed by atoms with E-state index in [0.717, 1.165) is 25.7 Å². The predicted molar refractivity (Wildman–Crippen MR) is 65.0 cm³/mol. The first-order valence-electron chi connectivity index (χ1n) is 6.72. The minimum Gasteiger partial charge on any atom is -0.299 e. The summed E-state index contributed by atoms with van der Waals surface area (Å²) in [6, 6.07) is 0. The number of hydrogen-bond acceptors (Lipinski definition) is 1. The first-order chi connectivity index (χ1) is 7.19. The fourth-order valence-corrected chi connectivity index (χ4v) is 2.63. The molecule has 0 amide bonds. The molecule has 1 nitrogen and oxygen atoms in total. The molecule has 1 rings (SSSR count). The fourth-order valence-electron chi connectivity index (χ4n) is 2.63. The van der Waals surface area contributed by atoms with Gasteiger partial charge in [0, 0.05) is 11.8 Å². The quantitative estimate of drug-likeness (QED) is 0.590. The van der Waals surface area contributed by atoms with Gasteiger partial charge in [0.05, 0.1) is 0 Å². The summed E-state index contributed by atoms with van der Waals surface area (Å²) in [5.74, 6) is 0.540. The molecule has 0 aromatic rings. The molecule has 1 saturated carbocycles. The Kier molecular flexibility index (Phi) is 5.35. The molecule has 0 unspecified atom stereocenters. The Labute approximate surface area is 94.6 Å². The number of hydrogen-bond donors (Lipinski definition) is 0. The van der Waals surface area contributed by atoms with Crippen molar-refractivity contribution in [2.45, 2.75) is 78.1 Å². The summed E-state index contributed by atoms with van der Waals surface area (Å²) in [6.07, 6.45) is 11.8. The van der Waals surface area contributed by atoms with Crippen molar-refractivity contribution in [3.05, 3.63) is 0 Å². The lowest BCUT2D eigenvalue weighted by molar-refractivity contribution is -0.129. The lowest BCUT2D eigenvalue weighted by Gasteiger charge is -2.32. The Morgan fingerprint density at radius 1 is 1.07 bits per heavy atom. The van der Waals surface area contributed by atoms with Gasteiger partial charge in [0.2, 0.25) is 0 Å². The Bertz CT molecular complexity index is 190. The van der Waals surface area contributed by atoms with E-state index >= 15 is 0 Å². The Balaban J connectivity index is 2.25. The van der Waals surface area contributed by atoms with Crippen LogP contribution in [0.1, 0.15) is 78.1 Å². The Morgan fingerprint density at radius 2 is 1.73 bits per heavy atom. The van der Waals surface area contributed by atoms with E-state index in [1.54, 1.807) is 0 Å². The van der Waals surface area contributed by atoms with E-state index in [0.29, 0.717) is 5.78 Å². The maximum Gasteiger partial charge on any atom is 0.138 e. The average Bonchev–Trinajstić information content (AvgIpc) is 2.25. The van der Waals surface area contributed by atoms with E-state index < -0.39 is 0 Å². The minimum atomic E-state index is 0.0461. The third-order valence-electron chi connectivity index (χ3n) is 3.89. The maximum atomic E-state index is 12.1. The first kappa shape index (κ1) is 12.7. The zero-order valence-corrected chi connectivity index (χ0v) is 10.5. The van der Waals surface area contributed by atoms with Gasteiger partial charge in [-0.1, -0.05) is 52.4 Å². The third-order valence-corrected chi connectivity index (χ3v) is 3.89. The van der Waals surface area contributed by atoms with Gasteiger partial charge in [0.25, 0.3) is 0 Å². The summed E-state index contributed by atoms with van der Waals surface area (Å²) in [4.78, 5) is 12.1. The van der Waals surface area contributed by atoms with E-state index in [9.17, 15) is 4.79 Å². The highest BCUT2D eigenvalue weighted by molar-refractivity contribution is 5.84. The molecule has 0 spiro atoms. The van der Waals surface area contributed by atoms with Crippen molar-refractivity contribution in [1.29, 1.82) is 0 Å². The molecule has 88 valence electrons. The summed E-state index contributed by atoms with van der Waals surface area (Å²) >= 11 is 0. The summed E-state index contributed by atoms with van der Waals surface area (Å²) in [6.45, 7) is 4.40. The van der Waals surface area contributed by atoms with Gasteiger partial charge in [-0.05, 0) is 19.3 Å². The number of Topliss-reactive ketones (excluding diaryl/α,β-unsaturated/α-hetero) is 1. The van der Waals surface area contributed by atoms with Gasteiger partial charge in [0.1, 0.15) is 5.78 Å². The van der Waals surface area contributed by atoms with Gasteiger partial charge in [-0.15, -0.1) is 0 Å². The van der Waals surface area contributed by atoms with Crippen LogP contribution < -0.4 is 0 Å². The van der Waals surface area contributed by atoms with Gasteiger partial charge in [-0.3, -0.25) is 4.79 Å². The van der Waals surface area contributed by atoms with E-state index in [-0.39, 0.29) is 5.41 Å². The van der Waals surface area contributed by atoms with Crippen LogP contribution in [0.5, 0.6) is 0 Å². The molecule has 1 heteroatoms. The molecule has 0 aliphatic heterocycles. The molecular formula is C14H26O. The van der Waals surface area contributed by atoms with Gasteiger partial charge >= 0.3 is 0 Å². The molecule has 0 aromatic heterocycles. The van der Waals surface area contributed by atoms with Crippen molar-refractivity contribution in [2.24, 2.45) is 5.41 Å². The number of carbonyl (C=O) groups excluding carboxylic acids is 1. The third kappa shape index (κ3) is 3.96. The van der Waals surface area contributed by atoms with Crippen LogP contribution in [0, 0.1) is 5.41 Å². The van der Waals surface area contributed by atoms with Crippen LogP contribution in [0.3, 0.4) is 0 Å². The summed E-state index contributed by atoms with van der Waals surface area (Å²) < 4.78 is 0. The van der Waals surface area contributed by atoms with Crippen LogP contribution in [0.2, 0.25) is 0 Å². The van der Waals surface area contributed by atoms with Crippen LogP contribution in [-0.4, -0.2) is 5.78 Å². The molecule has 1 aliphatic carbocycles. The zero-order valence-electron chi connectivity index (χ0n) is 10.5. The molecule has 0 saturated heterocycles. The van der Waals surface area contributed by atoms with E-state index in [1.807, 2.05) is 0 Å². The molecule has 0 N–H and O–H groups in total. The Hall–Kier alpha value is -0.330. The second kappa shape index (κ2) is 6.30. The molecule has 1 aliphatic rings. The lowest BCUT2D eigenvalue weighted by atomic mass is 9.71. The lowest BCUT2D eigenvalue weighted by Crippen LogP contribution is -2.30. The van der Waals surface area contributed by atoms with Crippen molar-refractivity contribution in [3.63, 3.8) is 0 Å². The highest BCUT2D eigenvalue weighted by Gasteiger charge is 2.33. The standard InChI is InChI=1S/C14H26O/c1-3-4-5-7-10-13(15)14(2)11-8-6-9-12-14/h3-12H2,1-2H3. The van der Waals surface area contributed by atoms with Crippen molar-refractivity contribution in [2.75, 3.05) is 0 Å². The largest absolute Gasteiger partial charge is 0.299 e. The molecule has 0 radical (unpaired) electrons. The molecule has 0 atom stereocenters. The number of unbranched alkanes of at least 4 members (excludes halogenated alkanes) is 3. The van der Waals surface area contributed by atoms with Crippen LogP contribution in [0.4, 0.5) is 0 Å². The predicted octanol–water partition coefficient (Wildman–Crippen LogP) is 4.50. The van der Waals surface area contributed by atoms with Crippen LogP contribution in [-0.2, 0) is 4.79 Å². The minimum absolute atomic E-state index is 0.0461. The summed E-state index contributed by atoms with van der Waals surface area (Å²) in [7, 11) is 0. The monoisotopic (exact) mass is 210 g/mol. The summed E-state index contributed by atoms with van der Waals surface area (Å²) in [5, 5.41) is 0. The molecule has 0 aromatic carbocycles. The summed E-state index contributed by atoms with van der Waals surface area (Å²) in [5.41, 5.74) is 0.0461. The normalized spacial score (nSPS) is 20.1. The SMILES string of the molecule is CCCCCCC(=O)C1(C)CCCCC1. The first-order valence-corrected chi connectivity index (χ1v) is 6.72. The van der Waals surface area contributed by atoms with Crippen LogP contribution in [0.15, 0.2) is 0 Å². The fraction of sp³-hybridized carbons (Fsp3) is 0.929. The van der Waals surface area contributed by atoms with Gasteiger partial charge in [-0.2, -0.15) is 0 Å². The molecule has 1 fully saturated rings. The second-order valence-corrected chi connectivity index (χ2v) is 5.36. The molecule has 15 heavy (non-hydrogen) atoms. The topological polar surface area (TPSA) is 17.1 Å². The Morgan fingerprint density at radius 3 is 2.33 bits per heavy atom. The smallest absolute Gasteiger partial charge is 0.138 e. The van der Waals surface area contributed by atoms with Crippen molar-refractivity contribution < 1.29 is 4.79 Å². The van der Waals surface area contributed by atoms with Gasteiger partial charge in [0.15, 0.2) is 0 Å². The number of rotatable bonds is 6. The van der Waals surface area contributed by atoms with E-state index in [4.69, 9.17) is 0 Å². The maximum absolute atomic E-state index is 12.1. The number of carbonyl (C=O) groups is 1. The highest BCUT2D eigenvalue weighted by atomic mass is 16.1. The van der Waals surface area contributed by atoms with Crippen LogP contribution >= 0.6 is 0 Å². The number of ketones is 1. The average molecular weight is 210 g/mol. The van der Waals surface area contributed by atoms with Crippen molar-refractivity contribution in [3.8, 4) is 0 Å². The molecule has 0 bridgehead atoms. The van der Waals surface area contributed by atoms with Gasteiger partial charge < -0.3 is 0 Å². The van der Waals surface area contributed by atoms with Crippen molar-refractivity contribution in [1.82, 2.24) is 0 Å². The van der Waals surface area contributed by atoms with Crippen LogP contribution in [0.25, 0.3) is 0 Å². The van der Waals surface area contributed by atoms with Gasteiger partial charge in [-0.25, -0.2) is 0 Å². The van der Waals surface area contributed by atoms with Crippen molar-refractivity contribution >= 4 is 5.78 Å². The molecular weight excluding hydrogens is 184 g/mol. The molecule has 0 heterocycles. The second-order valence-electron chi connectivity index (χ2n) is 5.36.